The quantitative estimate of drug-likeness (QED) is 0.731. The minimum absolute atomic E-state index is 0.184. The smallest absolute Gasteiger partial charge is 0.255 e. The molecule has 0 unspecified atom stereocenters. The molecule has 0 aliphatic carbocycles. The van der Waals surface area contributed by atoms with Crippen LogP contribution in [0.2, 0.25) is 0 Å². The highest BCUT2D eigenvalue weighted by molar-refractivity contribution is 5.76. The molecule has 0 aromatic carbocycles. The van der Waals surface area contributed by atoms with Gasteiger partial charge in [0.15, 0.2) is 0 Å². The first kappa shape index (κ1) is 16.3. The summed E-state index contributed by atoms with van der Waals surface area (Å²) in [6.45, 7) is 2.03. The maximum absolute atomic E-state index is 12.4. The van der Waals surface area contributed by atoms with Gasteiger partial charge in [-0.15, -0.1) is 0 Å². The number of hydrogen-bond donors (Lipinski definition) is 1. The molecule has 1 N–H and O–H groups in total. The highest BCUT2D eigenvalue weighted by Gasteiger charge is 2.20. The number of halogens is 2. The van der Waals surface area contributed by atoms with Gasteiger partial charge in [-0.1, -0.05) is 0 Å². The zero-order valence-corrected chi connectivity index (χ0v) is 11.5. The van der Waals surface area contributed by atoms with Crippen LogP contribution in [-0.2, 0) is 9.53 Å². The summed E-state index contributed by atoms with van der Waals surface area (Å²) >= 11 is 0. The summed E-state index contributed by atoms with van der Waals surface area (Å²) in [5.74, 6) is 0.358. The van der Waals surface area contributed by atoms with E-state index in [4.69, 9.17) is 4.74 Å². The van der Waals surface area contributed by atoms with Crippen molar-refractivity contribution in [3.8, 4) is 0 Å². The predicted molar refractivity (Wildman–Crippen MR) is 69.3 cm³/mol. The minimum atomic E-state index is -2.49. The number of ether oxygens (including phenoxy) is 1. The monoisotopic (exact) mass is 278 g/mol. The van der Waals surface area contributed by atoms with Crippen molar-refractivity contribution < 1.29 is 18.3 Å². The molecule has 0 aromatic rings. The van der Waals surface area contributed by atoms with Crippen LogP contribution in [0.15, 0.2) is 0 Å². The van der Waals surface area contributed by atoms with Crippen LogP contribution < -0.4 is 5.32 Å². The number of carbonyl (C=O) groups is 1. The van der Waals surface area contributed by atoms with Gasteiger partial charge >= 0.3 is 0 Å². The highest BCUT2D eigenvalue weighted by Crippen LogP contribution is 2.18. The van der Waals surface area contributed by atoms with E-state index < -0.39 is 13.0 Å². The van der Waals surface area contributed by atoms with Gasteiger partial charge in [-0.3, -0.25) is 4.79 Å². The van der Waals surface area contributed by atoms with Crippen LogP contribution in [0, 0.1) is 5.92 Å². The first-order valence-electron chi connectivity index (χ1n) is 6.89. The standard InChI is InChI=1S/C13H24F2N2O2/c1-19-9-8-17(10-12(14)15)13(18)3-2-11-4-6-16-7-5-11/h11-12,16H,2-10H2,1H3. The summed E-state index contributed by atoms with van der Waals surface area (Å²) in [6.07, 6.45) is 0.814. The third-order valence-corrected chi connectivity index (χ3v) is 3.50. The Labute approximate surface area is 113 Å². The lowest BCUT2D eigenvalue weighted by molar-refractivity contribution is -0.134. The summed E-state index contributed by atoms with van der Waals surface area (Å²) in [6, 6.07) is 0. The number of methoxy groups -OCH3 is 1. The second-order valence-electron chi connectivity index (χ2n) is 4.96. The van der Waals surface area contributed by atoms with Crippen LogP contribution in [0.4, 0.5) is 8.78 Å². The molecule has 1 amide bonds. The minimum Gasteiger partial charge on any atom is -0.383 e. The summed E-state index contributed by atoms with van der Waals surface area (Å²) in [5, 5.41) is 3.27. The molecule has 1 fully saturated rings. The fraction of sp³-hybridized carbons (Fsp3) is 0.923. The van der Waals surface area contributed by atoms with E-state index in [1.54, 1.807) is 0 Å². The van der Waals surface area contributed by atoms with Crippen LogP contribution >= 0.6 is 0 Å². The van der Waals surface area contributed by atoms with Gasteiger partial charge in [-0.05, 0) is 38.3 Å². The number of rotatable bonds is 8. The highest BCUT2D eigenvalue weighted by atomic mass is 19.3. The van der Waals surface area contributed by atoms with Crippen molar-refractivity contribution in [2.24, 2.45) is 5.92 Å². The van der Waals surface area contributed by atoms with Crippen LogP contribution in [-0.4, -0.2) is 57.1 Å². The zero-order valence-electron chi connectivity index (χ0n) is 11.5. The van der Waals surface area contributed by atoms with E-state index in [0.29, 0.717) is 18.9 Å². The summed E-state index contributed by atoms with van der Waals surface area (Å²) < 4.78 is 29.7. The molecular formula is C13H24F2N2O2. The van der Waals surface area contributed by atoms with Gasteiger partial charge in [-0.25, -0.2) is 8.78 Å². The molecule has 1 rings (SSSR count). The molecule has 0 atom stereocenters. The van der Waals surface area contributed by atoms with Crippen molar-refractivity contribution in [2.75, 3.05) is 39.9 Å². The first-order chi connectivity index (χ1) is 9.13. The van der Waals surface area contributed by atoms with Crippen LogP contribution in [0.5, 0.6) is 0 Å². The fourth-order valence-corrected chi connectivity index (χ4v) is 2.34. The Hall–Kier alpha value is -0.750. The molecule has 1 aliphatic rings. The second-order valence-corrected chi connectivity index (χ2v) is 4.96. The maximum Gasteiger partial charge on any atom is 0.255 e. The van der Waals surface area contributed by atoms with E-state index in [-0.39, 0.29) is 12.5 Å². The SMILES string of the molecule is COCCN(CC(F)F)C(=O)CCC1CCNCC1. The molecule has 19 heavy (non-hydrogen) atoms. The van der Waals surface area contributed by atoms with E-state index >= 15 is 0 Å². The van der Waals surface area contributed by atoms with Gasteiger partial charge in [0, 0.05) is 20.1 Å². The van der Waals surface area contributed by atoms with Crippen molar-refractivity contribution in [3.05, 3.63) is 0 Å². The molecule has 0 bridgehead atoms. The Morgan fingerprint density at radius 2 is 2.11 bits per heavy atom. The Morgan fingerprint density at radius 1 is 1.42 bits per heavy atom. The number of nitrogens with one attached hydrogen (secondary N) is 1. The average Bonchev–Trinajstić information content (AvgIpc) is 2.41. The van der Waals surface area contributed by atoms with E-state index in [1.165, 1.54) is 12.0 Å². The molecule has 1 aliphatic heterocycles. The van der Waals surface area contributed by atoms with Crippen molar-refractivity contribution in [2.45, 2.75) is 32.1 Å². The molecule has 112 valence electrons. The van der Waals surface area contributed by atoms with E-state index in [9.17, 15) is 13.6 Å². The summed E-state index contributed by atoms with van der Waals surface area (Å²) in [7, 11) is 1.50. The number of amides is 1. The number of nitrogens with zero attached hydrogens (tertiary/aromatic N) is 1. The molecule has 4 nitrogen and oxygen atoms in total. The lowest BCUT2D eigenvalue weighted by Gasteiger charge is -2.25. The molecule has 1 saturated heterocycles. The van der Waals surface area contributed by atoms with Gasteiger partial charge < -0.3 is 15.0 Å². The van der Waals surface area contributed by atoms with E-state index in [0.717, 1.165) is 32.4 Å². The third-order valence-electron chi connectivity index (χ3n) is 3.50. The van der Waals surface area contributed by atoms with E-state index in [1.807, 2.05) is 0 Å². The first-order valence-corrected chi connectivity index (χ1v) is 6.89. The Morgan fingerprint density at radius 3 is 2.68 bits per heavy atom. The number of hydrogen-bond acceptors (Lipinski definition) is 3. The van der Waals surface area contributed by atoms with Gasteiger partial charge in [-0.2, -0.15) is 0 Å². The lowest BCUT2D eigenvalue weighted by Crippen LogP contribution is -2.38. The largest absolute Gasteiger partial charge is 0.383 e. The number of piperidine rings is 1. The van der Waals surface area contributed by atoms with Crippen LogP contribution in [0.1, 0.15) is 25.7 Å². The summed E-state index contributed by atoms with van der Waals surface area (Å²) in [4.78, 5) is 13.2. The zero-order chi connectivity index (χ0) is 14.1. The molecule has 0 spiro atoms. The Bertz CT molecular complexity index is 259. The molecule has 0 aromatic heterocycles. The molecule has 0 radical (unpaired) electrons. The third kappa shape index (κ3) is 6.82. The average molecular weight is 278 g/mol. The van der Waals surface area contributed by atoms with Crippen LogP contribution in [0.3, 0.4) is 0 Å². The second kappa shape index (κ2) is 9.20. The van der Waals surface area contributed by atoms with E-state index in [2.05, 4.69) is 5.32 Å². The van der Waals surface area contributed by atoms with Gasteiger partial charge in [0.05, 0.1) is 13.2 Å². The predicted octanol–water partition coefficient (Wildman–Crippen LogP) is 1.51. The molecule has 0 saturated carbocycles. The molecule has 1 heterocycles. The Balaban J connectivity index is 2.32. The molecular weight excluding hydrogens is 254 g/mol. The van der Waals surface area contributed by atoms with Gasteiger partial charge in [0.2, 0.25) is 5.91 Å². The maximum atomic E-state index is 12.4. The van der Waals surface area contributed by atoms with Crippen molar-refractivity contribution >= 4 is 5.91 Å². The molecule has 6 heteroatoms. The van der Waals surface area contributed by atoms with Crippen molar-refractivity contribution in [3.63, 3.8) is 0 Å². The summed E-state index contributed by atoms with van der Waals surface area (Å²) in [5.41, 5.74) is 0. The van der Waals surface area contributed by atoms with Gasteiger partial charge in [0.25, 0.3) is 6.43 Å². The number of alkyl halides is 2. The van der Waals surface area contributed by atoms with Crippen molar-refractivity contribution in [1.82, 2.24) is 10.2 Å². The normalized spacial score (nSPS) is 16.8. The van der Waals surface area contributed by atoms with Gasteiger partial charge in [0.1, 0.15) is 0 Å². The fourth-order valence-electron chi connectivity index (χ4n) is 2.34. The number of carbonyl (C=O) groups excluding carboxylic acids is 1. The topological polar surface area (TPSA) is 41.6 Å². The Kier molecular flexibility index (Phi) is 7.90. The van der Waals surface area contributed by atoms with Crippen LogP contribution in [0.25, 0.3) is 0 Å². The lowest BCUT2D eigenvalue weighted by atomic mass is 9.93. The van der Waals surface area contributed by atoms with Crippen molar-refractivity contribution in [1.29, 1.82) is 0 Å².